The second kappa shape index (κ2) is 12.9. The van der Waals surface area contributed by atoms with E-state index in [2.05, 4.69) is 11.0 Å². The summed E-state index contributed by atoms with van der Waals surface area (Å²) in [5.41, 5.74) is 7.64. The van der Waals surface area contributed by atoms with Gasteiger partial charge in [0, 0.05) is 48.9 Å². The summed E-state index contributed by atoms with van der Waals surface area (Å²) in [7, 11) is 0. The van der Waals surface area contributed by atoms with Crippen LogP contribution in [-0.2, 0) is 29.0 Å². The minimum Gasteiger partial charge on any atom is -0.481 e. The predicted octanol–water partition coefficient (Wildman–Crippen LogP) is 7.38. The van der Waals surface area contributed by atoms with Crippen molar-refractivity contribution in [2.75, 3.05) is 19.6 Å². The number of oxazole rings is 1. The van der Waals surface area contributed by atoms with Crippen molar-refractivity contribution in [3.8, 4) is 34.3 Å². The van der Waals surface area contributed by atoms with Crippen LogP contribution in [0.15, 0.2) is 59.1 Å². The molecule has 12 heteroatoms. The Hall–Kier alpha value is -5.18. The molecule has 3 aromatic carbocycles. The molecule has 2 aliphatic rings. The Morgan fingerprint density at radius 2 is 1.88 bits per heavy atom. The first-order valence-electron chi connectivity index (χ1n) is 16.6. The summed E-state index contributed by atoms with van der Waals surface area (Å²) in [5.74, 6) is -0.763. The third-order valence-electron chi connectivity index (χ3n) is 9.29. The number of nitriles is 1. The molecule has 1 saturated heterocycles. The lowest BCUT2D eigenvalue weighted by molar-refractivity contribution is -0.141. The van der Waals surface area contributed by atoms with Crippen molar-refractivity contribution in [2.24, 2.45) is 5.92 Å². The molecule has 50 heavy (non-hydrogen) atoms. The van der Waals surface area contributed by atoms with Gasteiger partial charge in [-0.25, -0.2) is 14.5 Å². The average molecular weight is 693 g/mol. The first-order chi connectivity index (χ1) is 23.9. The largest absolute Gasteiger partial charge is 0.481 e. The maximum atomic E-state index is 12.7. The van der Waals surface area contributed by atoms with Crippen LogP contribution in [0.25, 0.3) is 39.4 Å². The van der Waals surface area contributed by atoms with Gasteiger partial charge in [0.1, 0.15) is 17.2 Å². The lowest BCUT2D eigenvalue weighted by atomic mass is 9.96. The van der Waals surface area contributed by atoms with Crippen molar-refractivity contribution in [1.82, 2.24) is 24.6 Å². The number of hydrogen-bond donors (Lipinski definition) is 1. The lowest BCUT2D eigenvalue weighted by Crippen LogP contribution is -2.39. The van der Waals surface area contributed by atoms with E-state index in [9.17, 15) is 20.0 Å². The summed E-state index contributed by atoms with van der Waals surface area (Å²) in [6, 6.07) is 17.6. The molecule has 1 fully saturated rings. The summed E-state index contributed by atoms with van der Waals surface area (Å²) in [6.45, 7) is 10.2. The molecule has 1 amide bonds. The summed E-state index contributed by atoms with van der Waals surface area (Å²) in [4.78, 5) is 32.8. The number of amides is 1. The van der Waals surface area contributed by atoms with Gasteiger partial charge < -0.3 is 19.2 Å². The van der Waals surface area contributed by atoms with Gasteiger partial charge in [-0.3, -0.25) is 9.69 Å². The number of aliphatic carboxylic acids is 1. The molecule has 1 N–H and O–H groups in total. The van der Waals surface area contributed by atoms with Crippen molar-refractivity contribution in [3.05, 3.63) is 87.7 Å². The van der Waals surface area contributed by atoms with Crippen molar-refractivity contribution >= 4 is 34.8 Å². The Balaban J connectivity index is 1.17. The first-order valence-corrected chi connectivity index (χ1v) is 17.0. The molecule has 0 aliphatic carbocycles. The molecule has 0 saturated carbocycles. The molecule has 2 aliphatic heterocycles. The molecule has 7 rings (SSSR count). The molecule has 0 bridgehead atoms. The van der Waals surface area contributed by atoms with Crippen LogP contribution in [0.2, 0.25) is 5.02 Å². The molecule has 11 nitrogen and oxygen atoms in total. The topological polar surface area (TPSA) is 138 Å². The van der Waals surface area contributed by atoms with Crippen LogP contribution in [0.5, 0.6) is 0 Å². The SMILES string of the molecule is Cc1c(-c2nc3cc(CN4CC[C@H](C(=O)O)C4)cc(C#N)c3o2)cccc1-c1cccc(-n2cc3c(n2)CCN(C(=O)OC(C)(C)C)C3)c1Cl. The number of rotatable bonds is 6. The monoisotopic (exact) mass is 692 g/mol. The number of likely N-dealkylation sites (tertiary alicyclic amines) is 1. The normalized spacial score (nSPS) is 16.4. The number of aromatic nitrogens is 3. The van der Waals surface area contributed by atoms with Gasteiger partial charge in [-0.1, -0.05) is 35.9 Å². The zero-order chi connectivity index (χ0) is 35.3. The highest BCUT2D eigenvalue weighted by molar-refractivity contribution is 6.35. The number of carbonyl (C=O) groups is 2. The van der Waals surface area contributed by atoms with Gasteiger partial charge in [-0.15, -0.1) is 0 Å². The van der Waals surface area contributed by atoms with Gasteiger partial charge in [0.2, 0.25) is 5.89 Å². The van der Waals surface area contributed by atoms with E-state index in [0.717, 1.165) is 39.1 Å². The Labute approximate surface area is 294 Å². The third kappa shape index (κ3) is 6.44. The maximum Gasteiger partial charge on any atom is 0.410 e. The molecule has 0 radical (unpaired) electrons. The number of fused-ring (bicyclic) bond motifs is 2. The molecule has 0 spiro atoms. The van der Waals surface area contributed by atoms with Crippen molar-refractivity contribution < 1.29 is 23.8 Å². The van der Waals surface area contributed by atoms with Gasteiger partial charge in [-0.2, -0.15) is 10.4 Å². The Morgan fingerprint density at radius 1 is 1.12 bits per heavy atom. The Bertz CT molecular complexity index is 2190. The highest BCUT2D eigenvalue weighted by atomic mass is 35.5. The number of carboxylic acids is 1. The van der Waals surface area contributed by atoms with Crippen LogP contribution >= 0.6 is 11.6 Å². The summed E-state index contributed by atoms with van der Waals surface area (Å²) < 4.78 is 13.6. The van der Waals surface area contributed by atoms with Crippen LogP contribution in [0.3, 0.4) is 0 Å². The number of benzene rings is 3. The molecule has 4 heterocycles. The minimum atomic E-state index is -0.777. The van der Waals surface area contributed by atoms with Gasteiger partial charge in [0.25, 0.3) is 0 Å². The van der Waals surface area contributed by atoms with Crippen molar-refractivity contribution in [3.63, 3.8) is 0 Å². The highest BCUT2D eigenvalue weighted by Gasteiger charge is 2.29. The number of carboxylic acid groups (broad SMARTS) is 1. The molecule has 256 valence electrons. The van der Waals surface area contributed by atoms with Gasteiger partial charge in [-0.05, 0) is 81.6 Å². The number of ether oxygens (including phenoxy) is 1. The predicted molar refractivity (Wildman–Crippen MR) is 188 cm³/mol. The first kappa shape index (κ1) is 33.3. The number of carbonyl (C=O) groups excluding carboxylic acids is 1. The molecule has 1 atom stereocenters. The van der Waals surface area contributed by atoms with E-state index in [0.29, 0.717) is 78.8 Å². The van der Waals surface area contributed by atoms with Crippen LogP contribution in [0.4, 0.5) is 4.79 Å². The molecule has 2 aromatic heterocycles. The molecular weight excluding hydrogens is 656 g/mol. The Morgan fingerprint density at radius 3 is 2.62 bits per heavy atom. The van der Waals surface area contributed by atoms with Crippen LogP contribution < -0.4 is 0 Å². The average Bonchev–Trinajstić information content (AvgIpc) is 3.82. The number of nitrogens with zero attached hydrogens (tertiary/aromatic N) is 6. The van der Waals surface area contributed by atoms with Crippen LogP contribution in [0.1, 0.15) is 55.1 Å². The fourth-order valence-electron chi connectivity index (χ4n) is 6.80. The molecule has 0 unspecified atom stereocenters. The minimum absolute atomic E-state index is 0.340. The standard InChI is InChI=1S/C38H37ClN6O5/c1-22-27(29-9-6-10-32(33(29)39)45-21-26-20-44(14-12-30(26)42-45)37(48)50-38(2,3)4)7-5-8-28(22)35-41-31-16-23(15-25(17-40)34(31)49-35)18-43-13-11-24(19-43)36(46)47/h5-10,15-16,21,24H,11-14,18-20H2,1-4H3,(H,46,47)/t24-/m0/s1. The van der Waals surface area contributed by atoms with Crippen LogP contribution in [0, 0.1) is 24.2 Å². The van der Waals surface area contributed by atoms with E-state index in [1.54, 1.807) is 15.6 Å². The zero-order valence-electron chi connectivity index (χ0n) is 28.4. The molecular formula is C38H37ClN6O5. The quantitative estimate of drug-likeness (QED) is 0.193. The second-order valence-electron chi connectivity index (χ2n) is 14.0. The van der Waals surface area contributed by atoms with Crippen molar-refractivity contribution in [1.29, 1.82) is 5.26 Å². The van der Waals surface area contributed by atoms with Crippen molar-refractivity contribution in [2.45, 2.75) is 59.2 Å². The Kier molecular flexibility index (Phi) is 8.62. The third-order valence-corrected chi connectivity index (χ3v) is 9.68. The number of halogens is 1. The van der Waals surface area contributed by atoms with E-state index in [-0.39, 0.29) is 12.0 Å². The zero-order valence-corrected chi connectivity index (χ0v) is 29.1. The van der Waals surface area contributed by atoms with E-state index in [1.807, 2.05) is 76.4 Å². The molecule has 5 aromatic rings. The summed E-state index contributed by atoms with van der Waals surface area (Å²) >= 11 is 7.12. The highest BCUT2D eigenvalue weighted by Crippen LogP contribution is 2.39. The van der Waals surface area contributed by atoms with E-state index >= 15 is 0 Å². The number of hydrogen-bond acceptors (Lipinski definition) is 8. The lowest BCUT2D eigenvalue weighted by Gasteiger charge is -2.29. The fraction of sp³-hybridized carbons (Fsp3) is 0.342. The van der Waals surface area contributed by atoms with Gasteiger partial charge in [0.15, 0.2) is 5.58 Å². The van der Waals surface area contributed by atoms with E-state index in [4.69, 9.17) is 30.8 Å². The maximum absolute atomic E-state index is 12.7. The van der Waals surface area contributed by atoms with Gasteiger partial charge >= 0.3 is 12.1 Å². The van der Waals surface area contributed by atoms with E-state index < -0.39 is 11.6 Å². The van der Waals surface area contributed by atoms with Crippen LogP contribution in [-0.4, -0.2) is 67.0 Å². The fourth-order valence-corrected chi connectivity index (χ4v) is 7.11. The van der Waals surface area contributed by atoms with E-state index in [1.165, 1.54) is 0 Å². The second-order valence-corrected chi connectivity index (χ2v) is 14.4. The summed E-state index contributed by atoms with van der Waals surface area (Å²) in [5, 5.41) is 24.7. The summed E-state index contributed by atoms with van der Waals surface area (Å²) in [6.07, 6.45) is 2.81. The van der Waals surface area contributed by atoms with Gasteiger partial charge in [0.05, 0.1) is 34.4 Å². The smallest absolute Gasteiger partial charge is 0.410 e.